The van der Waals surface area contributed by atoms with Crippen LogP contribution in [0.15, 0.2) is 59.6 Å². The third kappa shape index (κ3) is 5.10. The van der Waals surface area contributed by atoms with Crippen molar-refractivity contribution in [2.24, 2.45) is 5.92 Å². The number of nitrogens with zero attached hydrogens (tertiary/aromatic N) is 2. The summed E-state index contributed by atoms with van der Waals surface area (Å²) in [6.45, 7) is 7.88. The van der Waals surface area contributed by atoms with Crippen LogP contribution in [0.3, 0.4) is 0 Å². The van der Waals surface area contributed by atoms with E-state index >= 15 is 0 Å². The fourth-order valence-electron chi connectivity index (χ4n) is 4.59. The van der Waals surface area contributed by atoms with Gasteiger partial charge in [0.05, 0.1) is 10.6 Å². The minimum absolute atomic E-state index is 0.132. The highest BCUT2D eigenvalue weighted by Gasteiger charge is 2.23. The van der Waals surface area contributed by atoms with Crippen LogP contribution in [0.5, 0.6) is 0 Å². The zero-order valence-electron chi connectivity index (χ0n) is 18.4. The highest BCUT2D eigenvalue weighted by molar-refractivity contribution is 8.13. The molecule has 1 saturated heterocycles. The summed E-state index contributed by atoms with van der Waals surface area (Å²) in [5, 5.41) is 10.4. The fourth-order valence-corrected chi connectivity index (χ4v) is 5.54. The van der Waals surface area contributed by atoms with Gasteiger partial charge in [-0.1, -0.05) is 48.2 Å². The van der Waals surface area contributed by atoms with Crippen molar-refractivity contribution in [3.63, 3.8) is 0 Å². The molecule has 2 heterocycles. The number of piperidine rings is 1. The van der Waals surface area contributed by atoms with E-state index < -0.39 is 0 Å². The van der Waals surface area contributed by atoms with E-state index in [9.17, 15) is 4.79 Å². The van der Waals surface area contributed by atoms with Gasteiger partial charge in [0.1, 0.15) is 0 Å². The molecule has 0 amide bonds. The summed E-state index contributed by atoms with van der Waals surface area (Å²) >= 11 is 1.61. The lowest BCUT2D eigenvalue weighted by Gasteiger charge is -2.32. The number of para-hydroxylation sites is 1. The van der Waals surface area contributed by atoms with E-state index in [1.165, 1.54) is 11.1 Å². The van der Waals surface area contributed by atoms with E-state index in [0.717, 1.165) is 66.3 Å². The number of fused-ring (bicyclic) bond motifs is 1. The Labute approximate surface area is 189 Å². The van der Waals surface area contributed by atoms with Crippen LogP contribution in [0.1, 0.15) is 42.1 Å². The van der Waals surface area contributed by atoms with Gasteiger partial charge < -0.3 is 9.47 Å². The van der Waals surface area contributed by atoms with E-state index in [4.69, 9.17) is 5.41 Å². The first-order valence-electron chi connectivity index (χ1n) is 11.2. The van der Waals surface area contributed by atoms with Crippen LogP contribution in [0.2, 0.25) is 0 Å². The van der Waals surface area contributed by atoms with Gasteiger partial charge in [-0.15, -0.1) is 0 Å². The number of ketones is 1. The standard InChI is InChI=1S/C26H31N3OS/c1-19-8-6-11-23-24(20(2)30)18-29(25(19)23)15-7-14-28-16-12-21(13-17-28)26(27)31-22-9-4-3-5-10-22/h3-6,8-11,18,21,27H,7,12-17H2,1-2H3. The Morgan fingerprint density at radius 1 is 1.06 bits per heavy atom. The molecule has 1 aliphatic rings. The number of carbonyl (C=O) groups excluding carboxylic acids is 1. The third-order valence-corrected chi connectivity index (χ3v) is 7.34. The number of likely N-dealkylation sites (tertiary alicyclic amines) is 1. The number of nitrogens with one attached hydrogen (secondary N) is 1. The van der Waals surface area contributed by atoms with Gasteiger partial charge in [0.2, 0.25) is 0 Å². The van der Waals surface area contributed by atoms with Crippen LogP contribution in [0.4, 0.5) is 0 Å². The Balaban J connectivity index is 1.29. The first kappa shape index (κ1) is 21.8. The van der Waals surface area contributed by atoms with Crippen LogP contribution in [-0.4, -0.2) is 39.9 Å². The Bertz CT molecular complexity index is 1060. The molecule has 1 aliphatic heterocycles. The zero-order valence-corrected chi connectivity index (χ0v) is 19.3. The van der Waals surface area contributed by atoms with Gasteiger partial charge in [-0.3, -0.25) is 10.2 Å². The predicted molar refractivity (Wildman–Crippen MR) is 130 cm³/mol. The van der Waals surface area contributed by atoms with Crippen molar-refractivity contribution >= 4 is 33.5 Å². The topological polar surface area (TPSA) is 49.1 Å². The fraction of sp³-hybridized carbons (Fsp3) is 0.385. The maximum atomic E-state index is 12.1. The van der Waals surface area contributed by atoms with Crippen molar-refractivity contribution in [2.75, 3.05) is 19.6 Å². The van der Waals surface area contributed by atoms with E-state index in [0.29, 0.717) is 5.92 Å². The maximum Gasteiger partial charge on any atom is 0.161 e. The molecule has 0 atom stereocenters. The van der Waals surface area contributed by atoms with Gasteiger partial charge in [0.25, 0.3) is 0 Å². The Hall–Kier alpha value is -2.37. The number of benzene rings is 2. The van der Waals surface area contributed by atoms with Crippen molar-refractivity contribution in [3.05, 3.63) is 65.9 Å². The molecular formula is C26H31N3OS. The molecule has 0 spiro atoms. The van der Waals surface area contributed by atoms with Gasteiger partial charge >= 0.3 is 0 Å². The molecule has 31 heavy (non-hydrogen) atoms. The van der Waals surface area contributed by atoms with Crippen LogP contribution in [0.25, 0.3) is 10.9 Å². The largest absolute Gasteiger partial charge is 0.346 e. The molecule has 0 bridgehead atoms. The number of thioether (sulfide) groups is 1. The number of rotatable bonds is 7. The molecule has 0 radical (unpaired) electrons. The number of Topliss-reactive ketones (excluding diaryl/α,β-unsaturated/α-hetero) is 1. The number of hydrogen-bond donors (Lipinski definition) is 1. The summed E-state index contributed by atoms with van der Waals surface area (Å²) < 4.78 is 2.26. The van der Waals surface area contributed by atoms with Crippen molar-refractivity contribution in [1.29, 1.82) is 5.41 Å². The van der Waals surface area contributed by atoms with Crippen molar-refractivity contribution in [1.82, 2.24) is 9.47 Å². The van der Waals surface area contributed by atoms with Gasteiger partial charge in [0.15, 0.2) is 5.78 Å². The monoisotopic (exact) mass is 433 g/mol. The molecule has 1 fully saturated rings. The van der Waals surface area contributed by atoms with Crippen LogP contribution < -0.4 is 0 Å². The molecule has 0 aliphatic carbocycles. The summed E-state index contributed by atoms with van der Waals surface area (Å²) in [6.07, 6.45) is 5.24. The summed E-state index contributed by atoms with van der Waals surface area (Å²) in [6, 6.07) is 16.5. The van der Waals surface area contributed by atoms with E-state index in [1.54, 1.807) is 18.7 Å². The van der Waals surface area contributed by atoms with E-state index in [1.807, 2.05) is 30.5 Å². The minimum atomic E-state index is 0.132. The van der Waals surface area contributed by atoms with Crippen molar-refractivity contribution in [2.45, 2.75) is 44.6 Å². The molecule has 4 nitrogen and oxygen atoms in total. The van der Waals surface area contributed by atoms with Crippen molar-refractivity contribution in [3.8, 4) is 0 Å². The van der Waals surface area contributed by atoms with Crippen LogP contribution in [0, 0.1) is 18.3 Å². The summed E-state index contributed by atoms with van der Waals surface area (Å²) in [5.74, 6) is 0.517. The maximum absolute atomic E-state index is 12.1. The van der Waals surface area contributed by atoms with E-state index in [-0.39, 0.29) is 5.78 Å². The molecular weight excluding hydrogens is 402 g/mol. The number of hydrogen-bond acceptors (Lipinski definition) is 4. The molecule has 4 rings (SSSR count). The first-order valence-corrected chi connectivity index (χ1v) is 12.0. The van der Waals surface area contributed by atoms with Crippen LogP contribution in [-0.2, 0) is 6.54 Å². The Morgan fingerprint density at radius 3 is 2.52 bits per heavy atom. The lowest BCUT2D eigenvalue weighted by Crippen LogP contribution is -2.36. The smallest absolute Gasteiger partial charge is 0.161 e. The highest BCUT2D eigenvalue weighted by atomic mass is 32.2. The predicted octanol–water partition coefficient (Wildman–Crippen LogP) is 6.02. The van der Waals surface area contributed by atoms with Crippen molar-refractivity contribution < 1.29 is 4.79 Å². The number of aryl methyl sites for hydroxylation is 2. The zero-order chi connectivity index (χ0) is 21.8. The van der Waals surface area contributed by atoms with Gasteiger partial charge in [-0.25, -0.2) is 0 Å². The van der Waals surface area contributed by atoms with Gasteiger partial charge in [-0.2, -0.15) is 0 Å². The number of aromatic nitrogens is 1. The lowest BCUT2D eigenvalue weighted by molar-refractivity contribution is 0.101. The second-order valence-corrected chi connectivity index (χ2v) is 9.63. The van der Waals surface area contributed by atoms with Gasteiger partial charge in [-0.05, 0) is 70.4 Å². The normalized spacial score (nSPS) is 15.4. The average Bonchev–Trinajstić information content (AvgIpc) is 3.15. The molecule has 3 aromatic rings. The molecule has 5 heteroatoms. The Morgan fingerprint density at radius 2 is 1.81 bits per heavy atom. The molecule has 1 N–H and O–H groups in total. The molecule has 2 aromatic carbocycles. The lowest BCUT2D eigenvalue weighted by atomic mass is 9.98. The second-order valence-electron chi connectivity index (χ2n) is 8.51. The highest BCUT2D eigenvalue weighted by Crippen LogP contribution is 2.29. The summed E-state index contributed by atoms with van der Waals surface area (Å²) in [4.78, 5) is 15.8. The van der Waals surface area contributed by atoms with Gasteiger partial charge in [0, 0.05) is 34.5 Å². The first-order chi connectivity index (χ1) is 15.0. The molecule has 1 aromatic heterocycles. The quantitative estimate of drug-likeness (QED) is 0.214. The average molecular weight is 434 g/mol. The molecule has 0 unspecified atom stereocenters. The molecule has 0 saturated carbocycles. The minimum Gasteiger partial charge on any atom is -0.346 e. The summed E-state index contributed by atoms with van der Waals surface area (Å²) in [5.41, 5.74) is 3.24. The third-order valence-electron chi connectivity index (χ3n) is 6.28. The molecule has 162 valence electrons. The summed E-state index contributed by atoms with van der Waals surface area (Å²) in [7, 11) is 0. The SMILES string of the molecule is CC(=O)c1cn(CCCN2CCC(C(=N)Sc3ccccc3)CC2)c2c(C)cccc12. The number of carbonyl (C=O) groups is 1. The van der Waals surface area contributed by atoms with Crippen LogP contribution >= 0.6 is 11.8 Å². The second kappa shape index (κ2) is 9.84. The van der Waals surface area contributed by atoms with E-state index in [2.05, 4.69) is 40.7 Å². The Kier molecular flexibility index (Phi) is 6.93.